The minimum atomic E-state index is -0.436. The lowest BCUT2D eigenvalue weighted by Gasteiger charge is -2.40. The minimum Gasteiger partial charge on any atom is -0.493 e. The van der Waals surface area contributed by atoms with E-state index in [2.05, 4.69) is 11.4 Å². The summed E-state index contributed by atoms with van der Waals surface area (Å²) in [7, 11) is 1.62. The van der Waals surface area contributed by atoms with Crippen LogP contribution in [-0.2, 0) is 16.0 Å². The van der Waals surface area contributed by atoms with Gasteiger partial charge in [-0.2, -0.15) is 0 Å². The van der Waals surface area contributed by atoms with Crippen molar-refractivity contribution in [1.29, 1.82) is 0 Å². The van der Waals surface area contributed by atoms with Crippen molar-refractivity contribution in [2.45, 2.75) is 59.0 Å². The van der Waals surface area contributed by atoms with Crippen LogP contribution >= 0.6 is 11.3 Å². The van der Waals surface area contributed by atoms with E-state index >= 15 is 0 Å². The van der Waals surface area contributed by atoms with Crippen LogP contribution in [0.2, 0.25) is 0 Å². The van der Waals surface area contributed by atoms with E-state index in [4.69, 9.17) is 9.47 Å². The van der Waals surface area contributed by atoms with Gasteiger partial charge in [0.25, 0.3) is 0 Å². The van der Waals surface area contributed by atoms with E-state index in [0.717, 1.165) is 12.0 Å². The third kappa shape index (κ3) is 6.08. The minimum absolute atomic E-state index is 0.0147. The second kappa shape index (κ2) is 10.6. The molecule has 2 aromatic rings. The third-order valence-corrected chi connectivity index (χ3v) is 6.86. The lowest BCUT2D eigenvalue weighted by molar-refractivity contribution is -0.147. The summed E-state index contributed by atoms with van der Waals surface area (Å²) in [5, 5.41) is 2.07. The zero-order valence-corrected chi connectivity index (χ0v) is 21.4. The van der Waals surface area contributed by atoms with Gasteiger partial charge in [-0.1, -0.05) is 26.0 Å². The van der Waals surface area contributed by atoms with E-state index < -0.39 is 5.54 Å². The van der Waals surface area contributed by atoms with Gasteiger partial charge in [0.1, 0.15) is 13.2 Å². The Balaban J connectivity index is 1.81. The van der Waals surface area contributed by atoms with Crippen molar-refractivity contribution in [2.24, 2.45) is 5.92 Å². The molecule has 0 N–H and O–H groups in total. The van der Waals surface area contributed by atoms with E-state index in [0.29, 0.717) is 31.1 Å². The molecule has 7 heteroatoms. The molecule has 0 saturated carbocycles. The highest BCUT2D eigenvalue weighted by Crippen LogP contribution is 2.35. The fraction of sp³-hybridized carbons (Fsp3) is 0.538. The van der Waals surface area contributed by atoms with Gasteiger partial charge in [-0.15, -0.1) is 11.3 Å². The van der Waals surface area contributed by atoms with Crippen LogP contribution < -0.4 is 9.47 Å². The number of methoxy groups -OCH3 is 1. The maximum absolute atomic E-state index is 13.6. The van der Waals surface area contributed by atoms with Crippen molar-refractivity contribution in [2.75, 3.05) is 26.8 Å². The predicted octanol–water partition coefficient (Wildman–Crippen LogP) is 4.93. The van der Waals surface area contributed by atoms with Crippen LogP contribution in [0.15, 0.2) is 35.7 Å². The smallest absolute Gasteiger partial charge is 0.242 e. The number of para-hydroxylation sites is 2. The second-order valence-corrected chi connectivity index (χ2v) is 10.9. The normalized spacial score (nSPS) is 15.8. The zero-order valence-electron chi connectivity index (χ0n) is 20.6. The molecule has 1 aromatic carbocycles. The molecule has 1 aliphatic rings. The molecular formula is C26H36N2O4S. The first kappa shape index (κ1) is 25.1. The fourth-order valence-corrected chi connectivity index (χ4v) is 5.09. The Morgan fingerprint density at radius 2 is 1.88 bits per heavy atom. The first-order valence-electron chi connectivity index (χ1n) is 11.5. The highest BCUT2D eigenvalue weighted by molar-refractivity contribution is 7.10. The highest BCUT2D eigenvalue weighted by atomic mass is 32.1. The summed E-state index contributed by atoms with van der Waals surface area (Å²) < 4.78 is 11.6. The van der Waals surface area contributed by atoms with Crippen LogP contribution in [0.5, 0.6) is 11.5 Å². The van der Waals surface area contributed by atoms with Gasteiger partial charge in [-0.05, 0) is 62.3 Å². The molecule has 0 bridgehead atoms. The zero-order chi connectivity index (χ0) is 24.2. The van der Waals surface area contributed by atoms with Crippen LogP contribution in [0.3, 0.4) is 0 Å². The van der Waals surface area contributed by atoms with E-state index in [1.165, 1.54) is 4.88 Å². The Bertz CT molecular complexity index is 963. The van der Waals surface area contributed by atoms with Crippen molar-refractivity contribution in [3.8, 4) is 11.5 Å². The second-order valence-electron chi connectivity index (χ2n) is 9.86. The molecule has 0 saturated heterocycles. The SMILES string of the molecule is COc1ccccc1OC[C@H]1c2ccsc2CCN1C(=O)CN(C(=O)CC(C)C)C(C)(C)C. The Kier molecular flexibility index (Phi) is 8.05. The number of amides is 2. The number of nitrogens with zero attached hydrogens (tertiary/aromatic N) is 2. The van der Waals surface area contributed by atoms with Gasteiger partial charge in [-0.3, -0.25) is 9.59 Å². The van der Waals surface area contributed by atoms with Crippen molar-refractivity contribution >= 4 is 23.2 Å². The van der Waals surface area contributed by atoms with Gasteiger partial charge in [-0.25, -0.2) is 0 Å². The van der Waals surface area contributed by atoms with Crippen LogP contribution in [0, 0.1) is 5.92 Å². The van der Waals surface area contributed by atoms with Crippen molar-refractivity contribution < 1.29 is 19.1 Å². The average molecular weight is 473 g/mol. The lowest BCUT2D eigenvalue weighted by atomic mass is 9.99. The molecule has 1 aromatic heterocycles. The van der Waals surface area contributed by atoms with Gasteiger partial charge < -0.3 is 19.3 Å². The molecular weight excluding hydrogens is 436 g/mol. The molecule has 3 rings (SSSR count). The largest absolute Gasteiger partial charge is 0.493 e. The average Bonchev–Trinajstić information content (AvgIpc) is 3.23. The van der Waals surface area contributed by atoms with Crippen molar-refractivity contribution in [3.05, 3.63) is 46.2 Å². The summed E-state index contributed by atoms with van der Waals surface area (Å²) in [5.41, 5.74) is 0.694. The molecule has 6 nitrogen and oxygen atoms in total. The summed E-state index contributed by atoms with van der Waals surface area (Å²) >= 11 is 1.72. The summed E-state index contributed by atoms with van der Waals surface area (Å²) in [4.78, 5) is 31.4. The molecule has 2 amide bonds. The molecule has 1 aliphatic heterocycles. The van der Waals surface area contributed by atoms with E-state index in [-0.39, 0.29) is 30.3 Å². The van der Waals surface area contributed by atoms with E-state index in [1.807, 2.05) is 63.8 Å². The molecule has 180 valence electrons. The Labute approximate surface area is 201 Å². The molecule has 0 unspecified atom stereocenters. The molecule has 1 atom stereocenters. The summed E-state index contributed by atoms with van der Waals surface area (Å²) in [5.74, 6) is 1.52. The molecule has 33 heavy (non-hydrogen) atoms. The topological polar surface area (TPSA) is 59.1 Å². The number of carbonyl (C=O) groups is 2. The number of carbonyl (C=O) groups excluding carboxylic acids is 2. The first-order valence-corrected chi connectivity index (χ1v) is 12.4. The maximum atomic E-state index is 13.6. The summed E-state index contributed by atoms with van der Waals surface area (Å²) in [6, 6.07) is 9.40. The van der Waals surface area contributed by atoms with Gasteiger partial charge in [0.05, 0.1) is 13.2 Å². The van der Waals surface area contributed by atoms with Crippen LogP contribution in [0.25, 0.3) is 0 Å². The molecule has 0 fully saturated rings. The number of ether oxygens (including phenoxy) is 2. The van der Waals surface area contributed by atoms with Gasteiger partial charge >= 0.3 is 0 Å². The van der Waals surface area contributed by atoms with E-state index in [1.54, 1.807) is 23.3 Å². The first-order chi connectivity index (χ1) is 15.6. The number of fused-ring (bicyclic) bond motifs is 1. The quantitative estimate of drug-likeness (QED) is 0.546. The number of hydrogen-bond donors (Lipinski definition) is 0. The predicted molar refractivity (Wildman–Crippen MR) is 132 cm³/mol. The molecule has 2 heterocycles. The van der Waals surface area contributed by atoms with Crippen molar-refractivity contribution in [3.63, 3.8) is 0 Å². The summed E-state index contributed by atoms with van der Waals surface area (Å²) in [6.45, 7) is 11.0. The van der Waals surface area contributed by atoms with Crippen LogP contribution in [0.1, 0.15) is 57.5 Å². The Morgan fingerprint density at radius 1 is 1.18 bits per heavy atom. The molecule has 0 radical (unpaired) electrons. The standard InChI is InChI=1S/C26H36N2O4S/c1-18(2)15-24(29)28(26(3,4)5)16-25(30)27-13-11-23-19(12-14-33-23)20(27)17-32-22-10-8-7-9-21(22)31-6/h7-10,12,14,18,20H,11,13,15-17H2,1-6H3/t20-/m0/s1. The number of benzene rings is 1. The van der Waals surface area contributed by atoms with Gasteiger partial charge in [0.2, 0.25) is 11.8 Å². The number of rotatable bonds is 8. The monoisotopic (exact) mass is 472 g/mol. The van der Waals surface area contributed by atoms with Crippen molar-refractivity contribution in [1.82, 2.24) is 9.80 Å². The summed E-state index contributed by atoms with van der Waals surface area (Å²) in [6.07, 6.45) is 1.25. The highest BCUT2D eigenvalue weighted by Gasteiger charge is 2.36. The lowest BCUT2D eigenvalue weighted by Crippen LogP contribution is -2.53. The van der Waals surface area contributed by atoms with Gasteiger partial charge in [0, 0.05) is 23.4 Å². The Morgan fingerprint density at radius 3 is 2.52 bits per heavy atom. The fourth-order valence-electron chi connectivity index (χ4n) is 4.17. The number of hydrogen-bond acceptors (Lipinski definition) is 5. The number of thiophene rings is 1. The maximum Gasteiger partial charge on any atom is 0.242 e. The molecule has 0 aliphatic carbocycles. The van der Waals surface area contributed by atoms with Crippen LogP contribution in [0.4, 0.5) is 0 Å². The van der Waals surface area contributed by atoms with Gasteiger partial charge in [0.15, 0.2) is 11.5 Å². The molecule has 0 spiro atoms. The third-order valence-electron chi connectivity index (χ3n) is 5.87. The van der Waals surface area contributed by atoms with E-state index in [9.17, 15) is 9.59 Å². The Hall–Kier alpha value is -2.54. The van der Waals surface area contributed by atoms with Crippen LogP contribution in [-0.4, -0.2) is 54.0 Å².